The number of rotatable bonds is 6. The van der Waals surface area contributed by atoms with E-state index >= 15 is 0 Å². The fourth-order valence-electron chi connectivity index (χ4n) is 2.54. The van der Waals surface area contributed by atoms with Gasteiger partial charge in [0.15, 0.2) is 12.3 Å². The van der Waals surface area contributed by atoms with Crippen molar-refractivity contribution in [3.8, 4) is 0 Å². The first kappa shape index (κ1) is 15.4. The molecule has 1 aromatic carbocycles. The van der Waals surface area contributed by atoms with Gasteiger partial charge in [-0.1, -0.05) is 18.2 Å². The Morgan fingerprint density at radius 1 is 1.17 bits per heavy atom. The number of fused-ring (bicyclic) bond motifs is 1. The summed E-state index contributed by atoms with van der Waals surface area (Å²) in [5.41, 5.74) is 0.835. The molecule has 2 aromatic heterocycles. The van der Waals surface area contributed by atoms with Crippen molar-refractivity contribution in [2.24, 2.45) is 0 Å². The van der Waals surface area contributed by atoms with E-state index in [2.05, 4.69) is 5.32 Å². The molecule has 3 aromatic rings. The Bertz CT molecular complexity index is 744. The van der Waals surface area contributed by atoms with Crippen LogP contribution >= 0.6 is 0 Å². The van der Waals surface area contributed by atoms with Crippen LogP contribution in [0.5, 0.6) is 0 Å². The highest BCUT2D eigenvalue weighted by molar-refractivity contribution is 5.79. The van der Waals surface area contributed by atoms with Crippen molar-refractivity contribution >= 4 is 16.9 Å². The highest BCUT2D eigenvalue weighted by Gasteiger charge is 2.17. The fraction of sp³-hybridized carbons (Fsp3) is 0.278. The van der Waals surface area contributed by atoms with E-state index < -0.39 is 0 Å². The van der Waals surface area contributed by atoms with Crippen LogP contribution in [0.2, 0.25) is 0 Å². The van der Waals surface area contributed by atoms with E-state index in [4.69, 9.17) is 8.83 Å². The lowest BCUT2D eigenvalue weighted by atomic mass is 10.2. The van der Waals surface area contributed by atoms with Gasteiger partial charge in [-0.05, 0) is 38.1 Å². The molecule has 3 N–H and O–H groups in total. The Morgan fingerprint density at radius 2 is 2.00 bits per heavy atom. The number of nitrogens with one attached hydrogen (secondary N) is 1. The third kappa shape index (κ3) is 3.63. The monoisotopic (exact) mass is 313 g/mol. The zero-order valence-corrected chi connectivity index (χ0v) is 13.3. The van der Waals surface area contributed by atoms with Gasteiger partial charge in [0.2, 0.25) is 0 Å². The van der Waals surface area contributed by atoms with Crippen LogP contribution < -0.4 is 10.6 Å². The van der Waals surface area contributed by atoms with Crippen molar-refractivity contribution in [1.29, 1.82) is 0 Å². The minimum Gasteiger partial charge on any atom is -0.463 e. The molecule has 0 aliphatic heterocycles. The number of quaternary nitrogens is 1. The van der Waals surface area contributed by atoms with Crippen LogP contribution in [0.25, 0.3) is 11.0 Å². The Hall–Kier alpha value is -2.53. The lowest BCUT2D eigenvalue weighted by Crippen LogP contribution is -2.87. The van der Waals surface area contributed by atoms with Crippen molar-refractivity contribution < 1.29 is 18.9 Å². The van der Waals surface area contributed by atoms with E-state index in [9.17, 15) is 4.79 Å². The van der Waals surface area contributed by atoms with Gasteiger partial charge in [0.05, 0.1) is 12.3 Å². The van der Waals surface area contributed by atoms with E-state index in [1.165, 1.54) is 0 Å². The predicted octanol–water partition coefficient (Wildman–Crippen LogP) is 2.53. The number of furan rings is 2. The van der Waals surface area contributed by atoms with Crippen molar-refractivity contribution in [2.45, 2.75) is 25.9 Å². The molecular weight excluding hydrogens is 292 g/mol. The van der Waals surface area contributed by atoms with Crippen molar-refractivity contribution in [1.82, 2.24) is 5.32 Å². The molecule has 0 fully saturated rings. The third-order valence-corrected chi connectivity index (χ3v) is 3.90. The molecule has 5 heteroatoms. The summed E-state index contributed by atoms with van der Waals surface area (Å²) in [6, 6.07) is 13.5. The molecule has 0 aliphatic carbocycles. The first-order chi connectivity index (χ1) is 11.1. The molecule has 23 heavy (non-hydrogen) atoms. The largest absolute Gasteiger partial charge is 0.463 e. The van der Waals surface area contributed by atoms with E-state index in [1.54, 1.807) is 6.26 Å². The topological polar surface area (TPSA) is 72.0 Å². The summed E-state index contributed by atoms with van der Waals surface area (Å²) in [6.45, 7) is 4.27. The maximum Gasteiger partial charge on any atom is 0.275 e. The van der Waals surface area contributed by atoms with Crippen LogP contribution in [0.1, 0.15) is 37.5 Å². The molecule has 0 saturated carbocycles. The summed E-state index contributed by atoms with van der Waals surface area (Å²) in [4.78, 5) is 12.1. The zero-order chi connectivity index (χ0) is 16.2. The first-order valence-corrected chi connectivity index (χ1v) is 7.78. The Kier molecular flexibility index (Phi) is 4.48. The fourth-order valence-corrected chi connectivity index (χ4v) is 2.54. The highest BCUT2D eigenvalue weighted by Crippen LogP contribution is 2.23. The molecule has 2 atom stereocenters. The summed E-state index contributed by atoms with van der Waals surface area (Å²) in [6.07, 6.45) is 1.64. The Balaban J connectivity index is 1.54. The molecule has 3 rings (SSSR count). The van der Waals surface area contributed by atoms with Gasteiger partial charge in [0.25, 0.3) is 5.91 Å². The van der Waals surface area contributed by atoms with Gasteiger partial charge in [-0.3, -0.25) is 4.79 Å². The van der Waals surface area contributed by atoms with Crippen LogP contribution in [-0.4, -0.2) is 12.5 Å². The van der Waals surface area contributed by atoms with Crippen LogP contribution in [0.3, 0.4) is 0 Å². The van der Waals surface area contributed by atoms with Crippen molar-refractivity contribution in [2.75, 3.05) is 6.54 Å². The highest BCUT2D eigenvalue weighted by atomic mass is 16.3. The van der Waals surface area contributed by atoms with E-state index in [0.29, 0.717) is 6.54 Å². The van der Waals surface area contributed by atoms with Crippen LogP contribution in [0.4, 0.5) is 0 Å². The molecule has 0 spiro atoms. The van der Waals surface area contributed by atoms with E-state index in [1.807, 2.05) is 61.6 Å². The SMILES string of the molecule is C[C@H](NC(=O)C[NH2+][C@H](C)c1ccco1)c1cc2ccccc2o1. The minimum atomic E-state index is -0.165. The van der Waals surface area contributed by atoms with Crippen LogP contribution in [0, 0.1) is 0 Å². The second-order valence-electron chi connectivity index (χ2n) is 5.72. The molecule has 0 radical (unpaired) electrons. The van der Waals surface area contributed by atoms with Crippen molar-refractivity contribution in [3.63, 3.8) is 0 Å². The molecule has 120 valence electrons. The predicted molar refractivity (Wildman–Crippen MR) is 86.7 cm³/mol. The van der Waals surface area contributed by atoms with Gasteiger partial charge >= 0.3 is 0 Å². The van der Waals surface area contributed by atoms with Gasteiger partial charge < -0.3 is 19.5 Å². The maximum atomic E-state index is 12.1. The number of para-hydroxylation sites is 1. The number of amides is 1. The second kappa shape index (κ2) is 6.71. The van der Waals surface area contributed by atoms with Crippen LogP contribution in [0.15, 0.2) is 57.6 Å². The third-order valence-electron chi connectivity index (χ3n) is 3.90. The Morgan fingerprint density at radius 3 is 2.74 bits per heavy atom. The number of benzene rings is 1. The summed E-state index contributed by atoms with van der Waals surface area (Å²) in [7, 11) is 0. The van der Waals surface area contributed by atoms with Gasteiger partial charge in [0.1, 0.15) is 17.4 Å². The average molecular weight is 313 g/mol. The molecule has 2 heterocycles. The number of hydrogen-bond acceptors (Lipinski definition) is 3. The molecule has 5 nitrogen and oxygen atoms in total. The van der Waals surface area contributed by atoms with E-state index in [0.717, 1.165) is 22.5 Å². The quantitative estimate of drug-likeness (QED) is 0.734. The average Bonchev–Trinajstić information content (AvgIpc) is 3.21. The smallest absolute Gasteiger partial charge is 0.275 e. The first-order valence-electron chi connectivity index (χ1n) is 7.78. The maximum absolute atomic E-state index is 12.1. The summed E-state index contributed by atoms with van der Waals surface area (Å²) >= 11 is 0. The van der Waals surface area contributed by atoms with E-state index in [-0.39, 0.29) is 18.0 Å². The standard InChI is InChI=1S/C18H20N2O3/c1-12(15-8-5-9-22-15)19-11-18(21)20-13(2)17-10-14-6-3-4-7-16(14)23-17/h3-10,12-13,19H,11H2,1-2H3,(H,20,21)/p+1/t12-,13+/m1/s1. The van der Waals surface area contributed by atoms with Gasteiger partial charge in [-0.15, -0.1) is 0 Å². The number of nitrogens with two attached hydrogens (primary N) is 1. The molecule has 0 aliphatic rings. The second-order valence-corrected chi connectivity index (χ2v) is 5.72. The molecule has 0 bridgehead atoms. The minimum absolute atomic E-state index is 0.0311. The lowest BCUT2D eigenvalue weighted by Gasteiger charge is -2.12. The van der Waals surface area contributed by atoms with Crippen molar-refractivity contribution in [3.05, 3.63) is 60.2 Å². The van der Waals surface area contributed by atoms with Crippen LogP contribution in [-0.2, 0) is 4.79 Å². The number of carbonyl (C=O) groups is 1. The molecule has 0 saturated heterocycles. The molecular formula is C18H21N2O3+. The number of hydrogen-bond donors (Lipinski definition) is 2. The summed E-state index contributed by atoms with van der Waals surface area (Å²) in [5.74, 6) is 1.60. The normalized spacial score (nSPS) is 13.8. The molecule has 1 amide bonds. The zero-order valence-electron chi connectivity index (χ0n) is 13.3. The molecule has 0 unspecified atom stereocenters. The lowest BCUT2D eigenvalue weighted by molar-refractivity contribution is -0.684. The van der Waals surface area contributed by atoms with Gasteiger partial charge in [-0.25, -0.2) is 0 Å². The van der Waals surface area contributed by atoms with Gasteiger partial charge in [-0.2, -0.15) is 0 Å². The summed E-state index contributed by atoms with van der Waals surface area (Å²) in [5, 5.41) is 5.95. The number of carbonyl (C=O) groups excluding carboxylic acids is 1. The van der Waals surface area contributed by atoms with Gasteiger partial charge in [0, 0.05) is 5.39 Å². The summed E-state index contributed by atoms with van der Waals surface area (Å²) < 4.78 is 11.1. The Labute approximate surface area is 134 Å².